The van der Waals surface area contributed by atoms with Crippen LogP contribution in [0.15, 0.2) is 16.8 Å². The number of nitrogens with zero attached hydrogens (tertiary/aromatic N) is 1. The van der Waals surface area contributed by atoms with Crippen LogP contribution in [0.3, 0.4) is 0 Å². The number of hydrogen-bond acceptors (Lipinski definition) is 4. The minimum atomic E-state index is -0.495. The molecule has 0 aliphatic rings. The molecule has 0 aliphatic heterocycles. The predicted molar refractivity (Wildman–Crippen MR) is 80.1 cm³/mol. The molecule has 0 saturated heterocycles. The van der Waals surface area contributed by atoms with Gasteiger partial charge in [0.25, 0.3) is 0 Å². The summed E-state index contributed by atoms with van der Waals surface area (Å²) in [5.74, 6) is 2.97. The van der Waals surface area contributed by atoms with Crippen molar-refractivity contribution in [1.29, 1.82) is 0 Å². The Balaban J connectivity index is 2.42. The Morgan fingerprint density at radius 1 is 1.47 bits per heavy atom. The number of thiophene rings is 1. The standard InChI is InChI=1S/C15H23NO2S/c1-4-6-18-11-15(17)10-16(8-13(2)3)9-14-5-7-19-12-14/h1,5,7,12-13,15,17H,6,8-11H2,2-3H3/t15-/m0/s1. The minimum Gasteiger partial charge on any atom is -0.389 e. The average Bonchev–Trinajstić information content (AvgIpc) is 2.81. The molecule has 0 radical (unpaired) electrons. The lowest BCUT2D eigenvalue weighted by molar-refractivity contribution is 0.0238. The molecule has 0 unspecified atom stereocenters. The van der Waals surface area contributed by atoms with E-state index < -0.39 is 6.10 Å². The normalized spacial score (nSPS) is 12.8. The van der Waals surface area contributed by atoms with Crippen LogP contribution in [0.4, 0.5) is 0 Å². The first-order valence-corrected chi connectivity index (χ1v) is 7.48. The van der Waals surface area contributed by atoms with E-state index in [4.69, 9.17) is 11.2 Å². The molecule has 0 amide bonds. The van der Waals surface area contributed by atoms with E-state index in [1.54, 1.807) is 11.3 Å². The van der Waals surface area contributed by atoms with Crippen molar-refractivity contribution in [2.45, 2.75) is 26.5 Å². The summed E-state index contributed by atoms with van der Waals surface area (Å²) in [6.07, 6.45) is 4.61. The Morgan fingerprint density at radius 2 is 2.26 bits per heavy atom. The van der Waals surface area contributed by atoms with E-state index in [0.29, 0.717) is 19.1 Å². The topological polar surface area (TPSA) is 32.7 Å². The van der Waals surface area contributed by atoms with E-state index in [-0.39, 0.29) is 6.61 Å². The molecule has 0 aromatic carbocycles. The Labute approximate surface area is 120 Å². The number of hydrogen-bond donors (Lipinski definition) is 1. The lowest BCUT2D eigenvalue weighted by atomic mass is 10.2. The van der Waals surface area contributed by atoms with Crippen molar-refractivity contribution in [1.82, 2.24) is 4.90 Å². The van der Waals surface area contributed by atoms with E-state index in [1.165, 1.54) is 5.56 Å². The minimum absolute atomic E-state index is 0.256. The lowest BCUT2D eigenvalue weighted by Gasteiger charge is -2.26. The summed E-state index contributed by atoms with van der Waals surface area (Å²) in [6.45, 7) is 7.35. The van der Waals surface area contributed by atoms with Gasteiger partial charge >= 0.3 is 0 Å². The first-order chi connectivity index (χ1) is 9.11. The van der Waals surface area contributed by atoms with Crippen molar-refractivity contribution in [3.8, 4) is 12.3 Å². The van der Waals surface area contributed by atoms with Gasteiger partial charge in [-0.1, -0.05) is 19.8 Å². The van der Waals surface area contributed by atoms with Crippen molar-refractivity contribution in [3.05, 3.63) is 22.4 Å². The zero-order valence-electron chi connectivity index (χ0n) is 11.7. The number of aliphatic hydroxyl groups excluding tert-OH is 1. The summed E-state index contributed by atoms with van der Waals surface area (Å²) < 4.78 is 5.17. The van der Waals surface area contributed by atoms with Gasteiger partial charge in [0.1, 0.15) is 6.61 Å². The first kappa shape index (κ1) is 16.2. The predicted octanol–water partition coefficient (Wildman–Crippen LogP) is 2.22. The molecule has 1 rings (SSSR count). The van der Waals surface area contributed by atoms with Crippen LogP contribution in [-0.4, -0.2) is 42.4 Å². The van der Waals surface area contributed by atoms with Crippen molar-refractivity contribution in [3.63, 3.8) is 0 Å². The van der Waals surface area contributed by atoms with Crippen LogP contribution in [0.1, 0.15) is 19.4 Å². The van der Waals surface area contributed by atoms with E-state index >= 15 is 0 Å². The summed E-state index contributed by atoms with van der Waals surface area (Å²) in [5, 5.41) is 14.2. The van der Waals surface area contributed by atoms with Gasteiger partial charge in [-0.05, 0) is 28.3 Å². The highest BCUT2D eigenvalue weighted by molar-refractivity contribution is 7.07. The fraction of sp³-hybridized carbons (Fsp3) is 0.600. The van der Waals surface area contributed by atoms with Crippen LogP contribution >= 0.6 is 11.3 Å². The molecule has 3 nitrogen and oxygen atoms in total. The van der Waals surface area contributed by atoms with Crippen LogP contribution in [-0.2, 0) is 11.3 Å². The van der Waals surface area contributed by atoms with Gasteiger partial charge in [-0.2, -0.15) is 11.3 Å². The van der Waals surface area contributed by atoms with E-state index in [9.17, 15) is 5.11 Å². The highest BCUT2D eigenvalue weighted by Gasteiger charge is 2.14. The monoisotopic (exact) mass is 281 g/mol. The number of terminal acetylenes is 1. The second-order valence-electron chi connectivity index (χ2n) is 5.09. The molecule has 0 saturated carbocycles. The highest BCUT2D eigenvalue weighted by Crippen LogP contribution is 2.11. The van der Waals surface area contributed by atoms with Crippen molar-refractivity contribution < 1.29 is 9.84 Å². The van der Waals surface area contributed by atoms with Crippen molar-refractivity contribution in [2.75, 3.05) is 26.3 Å². The van der Waals surface area contributed by atoms with Gasteiger partial charge in [0.05, 0.1) is 12.7 Å². The molecule has 4 heteroatoms. The zero-order valence-corrected chi connectivity index (χ0v) is 12.5. The van der Waals surface area contributed by atoms with E-state index in [1.807, 2.05) is 0 Å². The Hall–Kier alpha value is -0.860. The Kier molecular flexibility index (Phi) is 7.76. The maximum Gasteiger partial charge on any atom is 0.107 e. The first-order valence-electron chi connectivity index (χ1n) is 6.54. The van der Waals surface area contributed by atoms with E-state index in [2.05, 4.69) is 41.5 Å². The third-order valence-electron chi connectivity index (χ3n) is 2.57. The number of ether oxygens (including phenoxy) is 1. The molecule has 0 aliphatic carbocycles. The number of aliphatic hydroxyl groups is 1. The Morgan fingerprint density at radius 3 is 2.84 bits per heavy atom. The summed E-state index contributed by atoms with van der Waals surface area (Å²) in [6, 6.07) is 2.12. The van der Waals surface area contributed by atoms with Crippen LogP contribution in [0.25, 0.3) is 0 Å². The molecule has 0 fully saturated rings. The van der Waals surface area contributed by atoms with Crippen LogP contribution < -0.4 is 0 Å². The molecule has 0 spiro atoms. The van der Waals surface area contributed by atoms with Crippen LogP contribution in [0, 0.1) is 18.3 Å². The molecule has 1 heterocycles. The maximum absolute atomic E-state index is 9.96. The lowest BCUT2D eigenvalue weighted by Crippen LogP contribution is -2.36. The molecule has 1 atom stereocenters. The fourth-order valence-corrected chi connectivity index (χ4v) is 2.63. The summed E-state index contributed by atoms with van der Waals surface area (Å²) in [4.78, 5) is 2.26. The smallest absolute Gasteiger partial charge is 0.107 e. The third-order valence-corrected chi connectivity index (χ3v) is 3.31. The third kappa shape index (κ3) is 7.34. The van der Waals surface area contributed by atoms with E-state index in [0.717, 1.165) is 13.1 Å². The summed E-state index contributed by atoms with van der Waals surface area (Å²) in [5.41, 5.74) is 1.29. The van der Waals surface area contributed by atoms with Gasteiger partial charge in [0.15, 0.2) is 0 Å². The van der Waals surface area contributed by atoms with Gasteiger partial charge in [0, 0.05) is 19.6 Å². The maximum atomic E-state index is 9.96. The SMILES string of the molecule is C#CCOC[C@@H](O)CN(Cc1ccsc1)CC(C)C. The summed E-state index contributed by atoms with van der Waals surface area (Å²) in [7, 11) is 0. The van der Waals surface area contributed by atoms with Gasteiger partial charge in [-0.25, -0.2) is 0 Å². The molecule has 1 aromatic heterocycles. The fourth-order valence-electron chi connectivity index (χ4n) is 1.97. The molecular weight excluding hydrogens is 258 g/mol. The quantitative estimate of drug-likeness (QED) is 0.556. The molecule has 1 N–H and O–H groups in total. The Bertz CT molecular complexity index is 370. The van der Waals surface area contributed by atoms with Crippen LogP contribution in [0.2, 0.25) is 0 Å². The van der Waals surface area contributed by atoms with Gasteiger partial charge < -0.3 is 9.84 Å². The molecular formula is C15H23NO2S. The summed E-state index contributed by atoms with van der Waals surface area (Å²) >= 11 is 1.70. The zero-order chi connectivity index (χ0) is 14.1. The van der Waals surface area contributed by atoms with Gasteiger partial charge in [0.2, 0.25) is 0 Å². The average molecular weight is 281 g/mol. The van der Waals surface area contributed by atoms with Crippen molar-refractivity contribution in [2.24, 2.45) is 5.92 Å². The van der Waals surface area contributed by atoms with Gasteiger partial charge in [-0.3, -0.25) is 4.90 Å². The van der Waals surface area contributed by atoms with Gasteiger partial charge in [-0.15, -0.1) is 6.42 Å². The second-order valence-corrected chi connectivity index (χ2v) is 5.87. The molecule has 1 aromatic rings. The molecule has 19 heavy (non-hydrogen) atoms. The largest absolute Gasteiger partial charge is 0.389 e. The molecule has 106 valence electrons. The van der Waals surface area contributed by atoms with Crippen LogP contribution in [0.5, 0.6) is 0 Å². The van der Waals surface area contributed by atoms with Crippen molar-refractivity contribution >= 4 is 11.3 Å². The second kappa shape index (κ2) is 9.11. The molecule has 0 bridgehead atoms. The number of rotatable bonds is 9. The highest BCUT2D eigenvalue weighted by atomic mass is 32.1.